The van der Waals surface area contributed by atoms with Crippen molar-refractivity contribution in [3.8, 4) is 0 Å². The van der Waals surface area contributed by atoms with Crippen LogP contribution in [0, 0.1) is 5.41 Å². The number of carbonyl (C=O) groups excluding carboxylic acids is 2. The zero-order valence-electron chi connectivity index (χ0n) is 13.1. The lowest BCUT2D eigenvalue weighted by molar-refractivity contribution is -0.123. The molecule has 0 rings (SSSR count). The predicted octanol–water partition coefficient (Wildman–Crippen LogP) is 1.14. The molecule has 0 heterocycles. The third-order valence-electron chi connectivity index (χ3n) is 2.12. The highest BCUT2D eigenvalue weighted by molar-refractivity contribution is 5.84. The van der Waals surface area contributed by atoms with Crippen LogP contribution in [0.5, 0.6) is 0 Å². The minimum absolute atomic E-state index is 0.00241. The first kappa shape index (κ1) is 17.7. The number of carbonyl (C=O) groups is 2. The second-order valence-corrected chi connectivity index (χ2v) is 6.97. The van der Waals surface area contributed by atoms with E-state index in [0.717, 1.165) is 0 Å². The average molecular weight is 272 g/mol. The summed E-state index contributed by atoms with van der Waals surface area (Å²) in [6.45, 7) is 14.2. The molecule has 0 aromatic rings. The van der Waals surface area contributed by atoms with E-state index in [4.69, 9.17) is 0 Å². The van der Waals surface area contributed by atoms with Crippen LogP contribution in [0.1, 0.15) is 48.5 Å². The van der Waals surface area contributed by atoms with Gasteiger partial charge in [0.2, 0.25) is 0 Å². The summed E-state index contributed by atoms with van der Waals surface area (Å²) >= 11 is 0. The molecular formula is C13H28N4O2. The van der Waals surface area contributed by atoms with Gasteiger partial charge in [-0.3, -0.25) is 10.2 Å². The Hall–Kier alpha value is -1.30. The molecule has 19 heavy (non-hydrogen) atoms. The Morgan fingerprint density at radius 2 is 1.53 bits per heavy atom. The molecule has 0 aromatic carbocycles. The lowest BCUT2D eigenvalue weighted by Gasteiger charge is -2.25. The highest BCUT2D eigenvalue weighted by Gasteiger charge is 2.19. The molecular weight excluding hydrogens is 244 g/mol. The van der Waals surface area contributed by atoms with Gasteiger partial charge in [-0.25, -0.2) is 10.2 Å². The van der Waals surface area contributed by atoms with Crippen LogP contribution in [0.15, 0.2) is 0 Å². The SMILES string of the molecule is CC(NC(C)(C)C)C(=O)NNC(=O)NCC(C)(C)C. The maximum Gasteiger partial charge on any atom is 0.333 e. The van der Waals surface area contributed by atoms with Crippen LogP contribution in [0.25, 0.3) is 0 Å². The molecule has 0 bridgehead atoms. The average Bonchev–Trinajstić information content (AvgIpc) is 2.19. The van der Waals surface area contributed by atoms with Crippen molar-refractivity contribution in [2.24, 2.45) is 5.41 Å². The number of hydrogen-bond donors (Lipinski definition) is 4. The molecule has 112 valence electrons. The molecule has 0 aliphatic carbocycles. The number of nitrogens with one attached hydrogen (secondary N) is 4. The van der Waals surface area contributed by atoms with Crippen molar-refractivity contribution in [1.82, 2.24) is 21.5 Å². The standard InChI is InChI=1S/C13H28N4O2/c1-9(15-13(5,6)7)10(18)16-17-11(19)14-8-12(2,3)4/h9,15H,8H2,1-7H3,(H,16,18)(H2,14,17,19). The van der Waals surface area contributed by atoms with Crippen molar-refractivity contribution in [1.29, 1.82) is 0 Å². The van der Waals surface area contributed by atoms with E-state index < -0.39 is 6.03 Å². The third kappa shape index (κ3) is 10.3. The van der Waals surface area contributed by atoms with Gasteiger partial charge in [0.25, 0.3) is 5.91 Å². The number of amides is 3. The Morgan fingerprint density at radius 1 is 1.00 bits per heavy atom. The molecule has 0 saturated carbocycles. The van der Waals surface area contributed by atoms with Gasteiger partial charge in [0, 0.05) is 12.1 Å². The third-order valence-corrected chi connectivity index (χ3v) is 2.12. The van der Waals surface area contributed by atoms with Crippen LogP contribution in [-0.2, 0) is 4.79 Å². The van der Waals surface area contributed by atoms with Gasteiger partial charge in [-0.15, -0.1) is 0 Å². The minimum Gasteiger partial charge on any atom is -0.336 e. The van der Waals surface area contributed by atoms with E-state index in [2.05, 4.69) is 21.5 Å². The van der Waals surface area contributed by atoms with Crippen molar-refractivity contribution in [3.63, 3.8) is 0 Å². The van der Waals surface area contributed by atoms with E-state index in [-0.39, 0.29) is 22.9 Å². The van der Waals surface area contributed by atoms with Crippen LogP contribution in [0.3, 0.4) is 0 Å². The second-order valence-electron chi connectivity index (χ2n) is 6.97. The summed E-state index contributed by atoms with van der Waals surface area (Å²) in [7, 11) is 0. The van der Waals surface area contributed by atoms with Crippen LogP contribution in [-0.4, -0.2) is 30.1 Å². The summed E-state index contributed by atoms with van der Waals surface area (Å²) in [5.74, 6) is -0.277. The molecule has 0 radical (unpaired) electrons. The Kier molecular flexibility index (Phi) is 6.29. The van der Waals surface area contributed by atoms with Crippen LogP contribution < -0.4 is 21.5 Å². The molecule has 0 fully saturated rings. The van der Waals surface area contributed by atoms with Gasteiger partial charge in [-0.2, -0.15) is 0 Å². The summed E-state index contributed by atoms with van der Waals surface area (Å²) in [4.78, 5) is 23.2. The van der Waals surface area contributed by atoms with Gasteiger partial charge < -0.3 is 10.6 Å². The largest absolute Gasteiger partial charge is 0.336 e. The molecule has 0 aliphatic rings. The monoisotopic (exact) mass is 272 g/mol. The van der Waals surface area contributed by atoms with E-state index in [1.807, 2.05) is 41.5 Å². The Bertz CT molecular complexity index is 316. The second kappa shape index (κ2) is 6.75. The first-order chi connectivity index (χ1) is 8.41. The van der Waals surface area contributed by atoms with Crippen LogP contribution in [0.4, 0.5) is 4.79 Å². The maximum absolute atomic E-state index is 11.7. The molecule has 0 spiro atoms. The maximum atomic E-state index is 11.7. The van der Waals surface area contributed by atoms with Crippen molar-refractivity contribution in [2.45, 2.75) is 60.0 Å². The Labute approximate surface area is 116 Å². The molecule has 1 unspecified atom stereocenters. The number of rotatable bonds is 3. The highest BCUT2D eigenvalue weighted by Crippen LogP contribution is 2.09. The first-order valence-corrected chi connectivity index (χ1v) is 6.52. The predicted molar refractivity (Wildman–Crippen MR) is 76.5 cm³/mol. The molecule has 0 aliphatic heterocycles. The summed E-state index contributed by atoms with van der Waals surface area (Å²) in [6.07, 6.45) is 0. The molecule has 3 amide bonds. The number of hydrazine groups is 1. The summed E-state index contributed by atoms with van der Waals surface area (Å²) in [5.41, 5.74) is 4.55. The Balaban J connectivity index is 3.99. The minimum atomic E-state index is -0.411. The molecule has 4 N–H and O–H groups in total. The van der Waals surface area contributed by atoms with E-state index in [0.29, 0.717) is 6.54 Å². The van der Waals surface area contributed by atoms with Crippen molar-refractivity contribution >= 4 is 11.9 Å². The lowest BCUT2D eigenvalue weighted by atomic mass is 9.97. The zero-order valence-corrected chi connectivity index (χ0v) is 13.1. The van der Waals surface area contributed by atoms with E-state index in [1.54, 1.807) is 6.92 Å². The number of hydrogen-bond acceptors (Lipinski definition) is 3. The summed E-state index contributed by atoms with van der Waals surface area (Å²) in [5, 5.41) is 5.80. The zero-order chi connectivity index (χ0) is 15.3. The van der Waals surface area contributed by atoms with Crippen molar-refractivity contribution < 1.29 is 9.59 Å². The molecule has 6 heteroatoms. The fourth-order valence-corrected chi connectivity index (χ4v) is 1.33. The fourth-order valence-electron chi connectivity index (χ4n) is 1.33. The molecule has 6 nitrogen and oxygen atoms in total. The van der Waals surface area contributed by atoms with Gasteiger partial charge in [0.15, 0.2) is 0 Å². The van der Waals surface area contributed by atoms with Gasteiger partial charge in [-0.05, 0) is 33.1 Å². The molecule has 1 atom stereocenters. The Morgan fingerprint density at radius 3 is 1.95 bits per heavy atom. The van der Waals surface area contributed by atoms with Gasteiger partial charge in [0.1, 0.15) is 0 Å². The van der Waals surface area contributed by atoms with Gasteiger partial charge >= 0.3 is 6.03 Å². The quantitative estimate of drug-likeness (QED) is 0.581. The van der Waals surface area contributed by atoms with Gasteiger partial charge in [-0.1, -0.05) is 20.8 Å². The van der Waals surface area contributed by atoms with E-state index >= 15 is 0 Å². The van der Waals surface area contributed by atoms with Crippen molar-refractivity contribution in [2.75, 3.05) is 6.54 Å². The fraction of sp³-hybridized carbons (Fsp3) is 0.846. The highest BCUT2D eigenvalue weighted by atomic mass is 16.2. The normalized spacial score (nSPS) is 13.6. The first-order valence-electron chi connectivity index (χ1n) is 6.52. The topological polar surface area (TPSA) is 82.3 Å². The van der Waals surface area contributed by atoms with E-state index in [9.17, 15) is 9.59 Å². The summed E-state index contributed by atoms with van der Waals surface area (Å²) in [6, 6.07) is -0.797. The van der Waals surface area contributed by atoms with Crippen LogP contribution >= 0.6 is 0 Å². The van der Waals surface area contributed by atoms with Crippen molar-refractivity contribution in [3.05, 3.63) is 0 Å². The molecule has 0 saturated heterocycles. The molecule has 0 aromatic heterocycles. The summed E-state index contributed by atoms with van der Waals surface area (Å²) < 4.78 is 0. The number of urea groups is 1. The van der Waals surface area contributed by atoms with E-state index in [1.165, 1.54) is 0 Å². The van der Waals surface area contributed by atoms with Gasteiger partial charge in [0.05, 0.1) is 6.04 Å². The smallest absolute Gasteiger partial charge is 0.333 e. The lowest BCUT2D eigenvalue weighted by Crippen LogP contribution is -2.55. The van der Waals surface area contributed by atoms with Crippen LogP contribution in [0.2, 0.25) is 0 Å².